The summed E-state index contributed by atoms with van der Waals surface area (Å²) in [4.78, 5) is 4.20. The van der Waals surface area contributed by atoms with Gasteiger partial charge in [-0.3, -0.25) is 10.2 Å². The summed E-state index contributed by atoms with van der Waals surface area (Å²) in [5, 5.41) is 5.81. The Balaban J connectivity index is 2.08. The second-order valence-electron chi connectivity index (χ2n) is 3.12. The molecule has 0 bridgehead atoms. The Hall–Kier alpha value is 0.0600. The van der Waals surface area contributed by atoms with Gasteiger partial charge in [0.2, 0.25) is 4.77 Å². The van der Waals surface area contributed by atoms with Gasteiger partial charge in [0.1, 0.15) is 5.82 Å². The Labute approximate surface area is 90.5 Å². The topological polar surface area (TPSA) is 44.5 Å². The van der Waals surface area contributed by atoms with Gasteiger partial charge in [0.15, 0.2) is 0 Å². The van der Waals surface area contributed by atoms with Crippen LogP contribution in [0.15, 0.2) is 0 Å². The predicted octanol–water partition coefficient (Wildman–Crippen LogP) is 2.21. The Bertz CT molecular complexity index is 337. The first kappa shape index (κ1) is 9.61. The van der Waals surface area contributed by atoms with Crippen molar-refractivity contribution in [2.24, 2.45) is 0 Å². The van der Waals surface area contributed by atoms with Crippen LogP contribution in [-0.4, -0.2) is 30.8 Å². The Morgan fingerprint density at radius 1 is 1.46 bits per heavy atom. The van der Waals surface area contributed by atoms with Crippen molar-refractivity contribution in [1.82, 2.24) is 15.2 Å². The molecule has 1 fully saturated rings. The molecule has 1 aliphatic heterocycles. The summed E-state index contributed by atoms with van der Waals surface area (Å²) in [5.41, 5.74) is 0. The molecule has 2 rings (SSSR count). The molecule has 0 aliphatic carbocycles. The second kappa shape index (κ2) is 3.67. The van der Waals surface area contributed by atoms with Crippen LogP contribution < -0.4 is 0 Å². The number of aromatic nitrogens is 3. The zero-order valence-corrected chi connectivity index (χ0v) is 9.74. The van der Waals surface area contributed by atoms with E-state index in [9.17, 15) is 0 Å². The van der Waals surface area contributed by atoms with Gasteiger partial charge in [-0.1, -0.05) is 0 Å². The van der Waals surface area contributed by atoms with Crippen LogP contribution >= 0.6 is 35.7 Å². The van der Waals surface area contributed by atoms with Crippen molar-refractivity contribution in [3.63, 3.8) is 0 Å². The molecule has 13 heavy (non-hydrogen) atoms. The molecule has 0 spiro atoms. The van der Waals surface area contributed by atoms with E-state index >= 15 is 0 Å². The maximum absolute atomic E-state index is 4.90. The Morgan fingerprint density at radius 3 is 2.69 bits per heavy atom. The highest BCUT2D eigenvalue weighted by Gasteiger charge is 2.31. The molecule has 3 nitrogen and oxygen atoms in total. The van der Waals surface area contributed by atoms with E-state index in [-0.39, 0.29) is 4.08 Å². The monoisotopic (exact) mass is 233 g/mol. The summed E-state index contributed by atoms with van der Waals surface area (Å²) in [6, 6.07) is 0. The van der Waals surface area contributed by atoms with Gasteiger partial charge in [-0.15, -0.1) is 23.5 Å². The molecule has 0 radical (unpaired) electrons. The van der Waals surface area contributed by atoms with Gasteiger partial charge >= 0.3 is 0 Å². The minimum Gasteiger partial charge on any atom is -0.286 e. The molecule has 0 unspecified atom stereocenters. The van der Waals surface area contributed by atoms with E-state index in [1.165, 1.54) is 11.5 Å². The van der Waals surface area contributed by atoms with Crippen LogP contribution in [-0.2, 0) is 6.42 Å². The fourth-order valence-corrected chi connectivity index (χ4v) is 4.35. The van der Waals surface area contributed by atoms with Crippen LogP contribution in [0.4, 0.5) is 0 Å². The maximum Gasteiger partial charge on any atom is 0.213 e. The molecule has 1 saturated heterocycles. The minimum absolute atomic E-state index is 0.285. The minimum atomic E-state index is 0.285. The zero-order valence-electron chi connectivity index (χ0n) is 7.29. The van der Waals surface area contributed by atoms with Crippen molar-refractivity contribution in [1.29, 1.82) is 0 Å². The van der Waals surface area contributed by atoms with E-state index in [0.717, 1.165) is 12.2 Å². The second-order valence-corrected chi connectivity index (χ2v) is 6.96. The summed E-state index contributed by atoms with van der Waals surface area (Å²) >= 11 is 8.91. The summed E-state index contributed by atoms with van der Waals surface area (Å²) in [6.07, 6.45) is 0.954. The summed E-state index contributed by atoms with van der Waals surface area (Å²) in [7, 11) is 0. The van der Waals surface area contributed by atoms with Crippen molar-refractivity contribution in [3.8, 4) is 0 Å². The normalized spacial score (nSPS) is 20.7. The molecule has 0 amide bonds. The maximum atomic E-state index is 4.90. The fraction of sp³-hybridized carbons (Fsp3) is 0.714. The average molecular weight is 233 g/mol. The average Bonchev–Trinajstić information content (AvgIpc) is 2.62. The largest absolute Gasteiger partial charge is 0.286 e. The quantitative estimate of drug-likeness (QED) is 0.769. The van der Waals surface area contributed by atoms with Gasteiger partial charge in [0.25, 0.3) is 0 Å². The molecule has 1 aromatic rings. The number of H-pyrrole nitrogens is 2. The lowest BCUT2D eigenvalue weighted by molar-refractivity contribution is 0.818. The predicted molar refractivity (Wildman–Crippen MR) is 60.8 cm³/mol. The van der Waals surface area contributed by atoms with Crippen molar-refractivity contribution in [3.05, 3.63) is 10.6 Å². The SMILES string of the molecule is CC1(Cc2nc(=S)[nH][nH]2)SCCS1. The lowest BCUT2D eigenvalue weighted by Crippen LogP contribution is -2.16. The first-order chi connectivity index (χ1) is 6.18. The standard InChI is InChI=1S/C7H11N3S3/c1-7(12-2-3-13-7)4-5-8-6(11)10-9-5/h2-4H2,1H3,(H2,8,9,10,11). The van der Waals surface area contributed by atoms with E-state index < -0.39 is 0 Å². The van der Waals surface area contributed by atoms with Crippen LogP contribution in [0.3, 0.4) is 0 Å². The van der Waals surface area contributed by atoms with Crippen LogP contribution in [0.1, 0.15) is 12.7 Å². The zero-order chi connectivity index (χ0) is 9.31. The number of thioether (sulfide) groups is 2. The third-order valence-corrected chi connectivity index (χ3v) is 5.42. The Morgan fingerprint density at radius 2 is 2.15 bits per heavy atom. The molecule has 1 aromatic heterocycles. The summed E-state index contributed by atoms with van der Waals surface area (Å²) in [6.45, 7) is 2.26. The van der Waals surface area contributed by atoms with Gasteiger partial charge in [-0.05, 0) is 19.1 Å². The van der Waals surface area contributed by atoms with E-state index in [1.54, 1.807) is 0 Å². The van der Waals surface area contributed by atoms with E-state index in [0.29, 0.717) is 4.77 Å². The molecular formula is C7H11N3S3. The number of nitrogens with zero attached hydrogens (tertiary/aromatic N) is 1. The molecule has 2 N–H and O–H groups in total. The summed E-state index contributed by atoms with van der Waals surface area (Å²) in [5.74, 6) is 3.45. The van der Waals surface area contributed by atoms with E-state index in [1.807, 2.05) is 23.5 Å². The van der Waals surface area contributed by atoms with Gasteiger partial charge in [0, 0.05) is 17.9 Å². The number of hydrogen-bond acceptors (Lipinski definition) is 4. The van der Waals surface area contributed by atoms with Gasteiger partial charge in [-0.2, -0.15) is 0 Å². The van der Waals surface area contributed by atoms with Gasteiger partial charge in [0.05, 0.1) is 4.08 Å². The van der Waals surface area contributed by atoms with Crippen molar-refractivity contribution >= 4 is 35.7 Å². The number of hydrogen-bond donors (Lipinski definition) is 2. The number of aromatic amines is 2. The van der Waals surface area contributed by atoms with E-state index in [2.05, 4.69) is 22.1 Å². The molecule has 0 saturated carbocycles. The highest BCUT2D eigenvalue weighted by atomic mass is 32.2. The Kier molecular flexibility index (Phi) is 2.71. The molecule has 1 aliphatic rings. The van der Waals surface area contributed by atoms with E-state index in [4.69, 9.17) is 12.2 Å². The lowest BCUT2D eigenvalue weighted by atomic mass is 10.3. The van der Waals surface area contributed by atoms with Crippen molar-refractivity contribution < 1.29 is 0 Å². The highest BCUT2D eigenvalue weighted by Crippen LogP contribution is 2.45. The van der Waals surface area contributed by atoms with Crippen LogP contribution in [0, 0.1) is 4.77 Å². The molecule has 72 valence electrons. The van der Waals surface area contributed by atoms with Crippen LogP contribution in [0.25, 0.3) is 0 Å². The molecule has 0 aromatic carbocycles. The molecule has 0 atom stereocenters. The van der Waals surface area contributed by atoms with Gasteiger partial charge in [-0.25, -0.2) is 4.98 Å². The third kappa shape index (κ3) is 2.30. The van der Waals surface area contributed by atoms with Crippen molar-refractivity contribution in [2.75, 3.05) is 11.5 Å². The number of rotatable bonds is 2. The smallest absolute Gasteiger partial charge is 0.213 e. The lowest BCUT2D eigenvalue weighted by Gasteiger charge is -2.19. The number of nitrogens with one attached hydrogen (secondary N) is 2. The molecule has 6 heteroatoms. The van der Waals surface area contributed by atoms with Crippen LogP contribution in [0.5, 0.6) is 0 Å². The van der Waals surface area contributed by atoms with Crippen molar-refractivity contribution in [2.45, 2.75) is 17.4 Å². The van der Waals surface area contributed by atoms with Crippen LogP contribution in [0.2, 0.25) is 0 Å². The molecular weight excluding hydrogens is 222 g/mol. The summed E-state index contributed by atoms with van der Waals surface area (Å²) < 4.78 is 0.833. The molecule has 2 heterocycles. The third-order valence-electron chi connectivity index (χ3n) is 1.94. The first-order valence-corrected chi connectivity index (χ1v) is 6.47. The van der Waals surface area contributed by atoms with Gasteiger partial charge < -0.3 is 0 Å². The fourth-order valence-electron chi connectivity index (χ4n) is 1.35. The highest BCUT2D eigenvalue weighted by molar-refractivity contribution is 8.21. The first-order valence-electron chi connectivity index (χ1n) is 4.09.